The van der Waals surface area contributed by atoms with Crippen molar-refractivity contribution in [1.29, 1.82) is 0 Å². The summed E-state index contributed by atoms with van der Waals surface area (Å²) in [4.78, 5) is 2.21. The SMILES string of the molecule is C[C@H](O)C#Cc1ccc2c(c1)O[C@@H](CN(C)Cc1ccccc1)[C@H](C)CN([C@H](C)CO)S2(=O)=O. The summed E-state index contributed by atoms with van der Waals surface area (Å²) in [5.74, 6) is 5.64. The van der Waals surface area contributed by atoms with Gasteiger partial charge in [-0.3, -0.25) is 4.90 Å². The van der Waals surface area contributed by atoms with Crippen LogP contribution in [0.4, 0.5) is 0 Å². The van der Waals surface area contributed by atoms with E-state index in [1.807, 2.05) is 32.2 Å². The third-order valence-electron chi connectivity index (χ3n) is 5.88. The summed E-state index contributed by atoms with van der Waals surface area (Å²) in [5.41, 5.74) is 1.74. The molecule has 3 rings (SSSR count). The molecule has 0 spiro atoms. The number of hydrogen-bond acceptors (Lipinski definition) is 6. The quantitative estimate of drug-likeness (QED) is 0.609. The number of hydrogen-bond donors (Lipinski definition) is 2. The van der Waals surface area contributed by atoms with Crippen LogP contribution in [-0.2, 0) is 16.6 Å². The van der Waals surface area contributed by atoms with Gasteiger partial charge in [0.05, 0.1) is 6.61 Å². The number of benzene rings is 2. The first kappa shape index (κ1) is 26.2. The molecule has 1 heterocycles. The molecular formula is C26H34N2O5S. The van der Waals surface area contributed by atoms with E-state index in [0.29, 0.717) is 12.1 Å². The molecule has 34 heavy (non-hydrogen) atoms. The number of rotatable bonds is 6. The number of fused-ring (bicyclic) bond motifs is 1. The number of aliphatic hydroxyl groups excluding tert-OH is 2. The van der Waals surface area contributed by atoms with Gasteiger partial charge in [-0.2, -0.15) is 4.31 Å². The fourth-order valence-corrected chi connectivity index (χ4v) is 5.80. The van der Waals surface area contributed by atoms with Crippen molar-refractivity contribution in [3.8, 4) is 17.6 Å². The van der Waals surface area contributed by atoms with Crippen LogP contribution in [0.1, 0.15) is 31.9 Å². The highest BCUT2D eigenvalue weighted by atomic mass is 32.2. The maximum Gasteiger partial charge on any atom is 0.247 e. The molecule has 2 aromatic carbocycles. The van der Waals surface area contributed by atoms with Gasteiger partial charge in [-0.15, -0.1) is 0 Å². The van der Waals surface area contributed by atoms with Crippen molar-refractivity contribution in [3.05, 3.63) is 59.7 Å². The second-order valence-electron chi connectivity index (χ2n) is 9.03. The Labute approximate surface area is 203 Å². The minimum absolute atomic E-state index is 0.0537. The van der Waals surface area contributed by atoms with Crippen molar-refractivity contribution >= 4 is 10.0 Å². The molecule has 0 fully saturated rings. The van der Waals surface area contributed by atoms with E-state index in [1.54, 1.807) is 26.0 Å². The Kier molecular flexibility index (Phi) is 8.74. The van der Waals surface area contributed by atoms with Gasteiger partial charge >= 0.3 is 0 Å². The highest BCUT2D eigenvalue weighted by molar-refractivity contribution is 7.89. The summed E-state index contributed by atoms with van der Waals surface area (Å²) < 4.78 is 34.8. The van der Waals surface area contributed by atoms with E-state index in [-0.39, 0.29) is 35.8 Å². The number of aliphatic hydroxyl groups is 2. The molecule has 0 radical (unpaired) electrons. The van der Waals surface area contributed by atoms with Crippen LogP contribution in [0, 0.1) is 17.8 Å². The zero-order valence-corrected chi connectivity index (χ0v) is 21.0. The first-order valence-corrected chi connectivity index (χ1v) is 12.9. The zero-order valence-electron chi connectivity index (χ0n) is 20.2. The molecule has 4 atom stereocenters. The lowest BCUT2D eigenvalue weighted by Crippen LogP contribution is -2.49. The lowest BCUT2D eigenvalue weighted by atomic mass is 10.0. The molecule has 0 saturated carbocycles. The van der Waals surface area contributed by atoms with Gasteiger partial charge in [0.2, 0.25) is 10.0 Å². The van der Waals surface area contributed by atoms with Crippen molar-refractivity contribution in [1.82, 2.24) is 9.21 Å². The number of nitrogens with zero attached hydrogens (tertiary/aromatic N) is 2. The minimum Gasteiger partial charge on any atom is -0.487 e. The van der Waals surface area contributed by atoms with Crippen molar-refractivity contribution in [2.24, 2.45) is 5.92 Å². The molecule has 0 aromatic heterocycles. The predicted molar refractivity (Wildman–Crippen MR) is 132 cm³/mol. The Morgan fingerprint density at radius 1 is 1.21 bits per heavy atom. The first-order valence-electron chi connectivity index (χ1n) is 11.5. The monoisotopic (exact) mass is 486 g/mol. The largest absolute Gasteiger partial charge is 0.487 e. The summed E-state index contributed by atoms with van der Waals surface area (Å²) in [5, 5.41) is 19.3. The van der Waals surface area contributed by atoms with E-state index in [2.05, 4.69) is 28.9 Å². The Hall–Kier alpha value is -2.41. The van der Waals surface area contributed by atoms with Gasteiger partial charge in [0.1, 0.15) is 22.9 Å². The lowest BCUT2D eigenvalue weighted by molar-refractivity contribution is 0.0733. The smallest absolute Gasteiger partial charge is 0.247 e. The highest BCUT2D eigenvalue weighted by Crippen LogP contribution is 2.34. The molecule has 7 nitrogen and oxygen atoms in total. The van der Waals surface area contributed by atoms with E-state index >= 15 is 0 Å². The van der Waals surface area contributed by atoms with Crippen LogP contribution in [0.25, 0.3) is 0 Å². The van der Waals surface area contributed by atoms with Crippen molar-refractivity contribution < 1.29 is 23.4 Å². The third-order valence-corrected chi connectivity index (χ3v) is 7.90. The van der Waals surface area contributed by atoms with Crippen LogP contribution in [0.5, 0.6) is 5.75 Å². The molecule has 1 aliphatic heterocycles. The predicted octanol–water partition coefficient (Wildman–Crippen LogP) is 2.32. The van der Waals surface area contributed by atoms with E-state index in [9.17, 15) is 18.6 Å². The topological polar surface area (TPSA) is 90.3 Å². The first-order chi connectivity index (χ1) is 16.1. The summed E-state index contributed by atoms with van der Waals surface area (Å²) in [6.45, 7) is 6.50. The zero-order chi connectivity index (χ0) is 24.9. The maximum absolute atomic E-state index is 13.5. The van der Waals surface area contributed by atoms with Crippen LogP contribution < -0.4 is 4.74 Å². The summed E-state index contributed by atoms with van der Waals surface area (Å²) >= 11 is 0. The Morgan fingerprint density at radius 2 is 1.91 bits per heavy atom. The van der Waals surface area contributed by atoms with Gasteiger partial charge in [-0.05, 0) is 44.7 Å². The van der Waals surface area contributed by atoms with E-state index in [0.717, 1.165) is 6.54 Å². The molecule has 0 bridgehead atoms. The second kappa shape index (κ2) is 11.3. The van der Waals surface area contributed by atoms with Crippen molar-refractivity contribution in [2.75, 3.05) is 26.7 Å². The van der Waals surface area contributed by atoms with Crippen LogP contribution >= 0.6 is 0 Å². The Balaban J connectivity index is 1.99. The van der Waals surface area contributed by atoms with Crippen LogP contribution in [0.15, 0.2) is 53.4 Å². The molecule has 0 amide bonds. The molecule has 0 aliphatic carbocycles. The highest BCUT2D eigenvalue weighted by Gasteiger charge is 2.38. The average molecular weight is 487 g/mol. The fourth-order valence-electron chi connectivity index (χ4n) is 3.98. The minimum atomic E-state index is -3.90. The average Bonchev–Trinajstić information content (AvgIpc) is 2.80. The molecule has 0 saturated heterocycles. The molecule has 2 aromatic rings. The van der Waals surface area contributed by atoms with Crippen molar-refractivity contribution in [2.45, 2.75) is 50.5 Å². The van der Waals surface area contributed by atoms with E-state index in [4.69, 9.17) is 4.74 Å². The Bertz CT molecular complexity index is 1120. The maximum atomic E-state index is 13.5. The number of likely N-dealkylation sites (N-methyl/N-ethyl adjacent to an activating group) is 1. The molecule has 0 unspecified atom stereocenters. The number of sulfonamides is 1. The molecule has 1 aliphatic rings. The molecule has 8 heteroatoms. The van der Waals surface area contributed by atoms with Crippen LogP contribution in [0.2, 0.25) is 0 Å². The van der Waals surface area contributed by atoms with Gasteiger partial charge in [-0.1, -0.05) is 49.1 Å². The van der Waals surface area contributed by atoms with E-state index in [1.165, 1.54) is 15.9 Å². The second-order valence-corrected chi connectivity index (χ2v) is 10.9. The molecule has 184 valence electrons. The van der Waals surface area contributed by atoms with Crippen LogP contribution in [0.3, 0.4) is 0 Å². The third kappa shape index (κ3) is 6.38. The van der Waals surface area contributed by atoms with Crippen molar-refractivity contribution in [3.63, 3.8) is 0 Å². The van der Waals surface area contributed by atoms with Gasteiger partial charge < -0.3 is 14.9 Å². The Morgan fingerprint density at radius 3 is 2.56 bits per heavy atom. The van der Waals surface area contributed by atoms with Crippen LogP contribution in [-0.4, -0.2) is 72.8 Å². The van der Waals surface area contributed by atoms with Gasteiger partial charge in [0.25, 0.3) is 0 Å². The summed E-state index contributed by atoms with van der Waals surface area (Å²) in [6, 6.07) is 14.3. The normalized spacial score (nSPS) is 21.9. The molecular weight excluding hydrogens is 452 g/mol. The van der Waals surface area contributed by atoms with Gasteiger partial charge in [0, 0.05) is 37.2 Å². The van der Waals surface area contributed by atoms with Gasteiger partial charge in [0.15, 0.2) is 0 Å². The standard InChI is InChI=1S/C26H34N2O5S/c1-19-15-28(20(2)18-29)34(31,32)26-13-12-22(11-10-21(3)30)14-24(26)33-25(19)17-27(4)16-23-8-6-5-7-9-23/h5-9,12-14,19-21,25,29-30H,15-18H2,1-4H3/t19-,20-,21+,25+/m1/s1. The summed E-state index contributed by atoms with van der Waals surface area (Å²) in [6.07, 6.45) is -1.09. The number of ether oxygens (including phenoxy) is 1. The lowest BCUT2D eigenvalue weighted by Gasteiger charge is -2.37. The van der Waals surface area contributed by atoms with Gasteiger partial charge in [-0.25, -0.2) is 8.42 Å². The summed E-state index contributed by atoms with van der Waals surface area (Å²) in [7, 11) is -1.89. The molecule has 2 N–H and O–H groups in total. The van der Waals surface area contributed by atoms with E-state index < -0.39 is 22.2 Å². The fraction of sp³-hybridized carbons (Fsp3) is 0.462.